The summed E-state index contributed by atoms with van der Waals surface area (Å²) in [6, 6.07) is 0. The predicted molar refractivity (Wildman–Crippen MR) is 73.5 cm³/mol. The van der Waals surface area contributed by atoms with E-state index >= 15 is 0 Å². The number of carboxylic acid groups (broad SMARTS) is 1. The molecule has 0 aromatic heterocycles. The van der Waals surface area contributed by atoms with Gasteiger partial charge in [0.2, 0.25) is 11.8 Å². The third kappa shape index (κ3) is 4.17. The lowest BCUT2D eigenvalue weighted by molar-refractivity contribution is -0.173. The van der Waals surface area contributed by atoms with E-state index in [1.165, 1.54) is 0 Å². The number of nitrogens with one attached hydrogen (secondary N) is 1. The Morgan fingerprint density at radius 3 is 2.52 bits per heavy atom. The molecule has 118 valence electrons. The summed E-state index contributed by atoms with van der Waals surface area (Å²) >= 11 is 0. The number of likely N-dealkylation sites (tertiary alicyclic amines) is 1. The highest BCUT2D eigenvalue weighted by molar-refractivity contribution is 5.82. The van der Waals surface area contributed by atoms with Crippen molar-refractivity contribution in [3.8, 4) is 0 Å². The van der Waals surface area contributed by atoms with Gasteiger partial charge in [-0.2, -0.15) is 0 Å². The van der Waals surface area contributed by atoms with Crippen LogP contribution in [0.5, 0.6) is 0 Å². The minimum atomic E-state index is -1.02. The molecule has 7 nitrogen and oxygen atoms in total. The summed E-state index contributed by atoms with van der Waals surface area (Å²) in [7, 11) is 0. The summed E-state index contributed by atoms with van der Waals surface area (Å²) in [6.45, 7) is 4.61. The van der Waals surface area contributed by atoms with Crippen molar-refractivity contribution in [1.29, 1.82) is 0 Å². The van der Waals surface area contributed by atoms with Crippen LogP contribution in [0.25, 0.3) is 0 Å². The number of carbonyl (C=O) groups excluding carboxylic acids is 2. The molecule has 0 radical (unpaired) electrons. The second kappa shape index (κ2) is 6.01. The lowest BCUT2D eigenvalue weighted by atomic mass is 9.96. The number of carboxylic acids is 1. The van der Waals surface area contributed by atoms with Crippen molar-refractivity contribution in [3.05, 3.63) is 0 Å². The normalized spacial score (nSPS) is 25.9. The van der Waals surface area contributed by atoms with Crippen LogP contribution in [0.4, 0.5) is 0 Å². The van der Waals surface area contributed by atoms with E-state index in [0.29, 0.717) is 25.6 Å². The number of amides is 2. The lowest BCUT2D eigenvalue weighted by Crippen LogP contribution is -2.63. The Morgan fingerprint density at radius 1 is 1.38 bits per heavy atom. The minimum Gasteiger partial charge on any atom is -0.480 e. The second-order valence-corrected chi connectivity index (χ2v) is 6.24. The zero-order valence-electron chi connectivity index (χ0n) is 12.4. The van der Waals surface area contributed by atoms with Gasteiger partial charge in [0.1, 0.15) is 12.2 Å². The maximum atomic E-state index is 11.9. The molecule has 0 aromatic carbocycles. The Hall–Kier alpha value is -1.63. The van der Waals surface area contributed by atoms with Crippen LogP contribution < -0.4 is 5.32 Å². The fourth-order valence-electron chi connectivity index (χ4n) is 2.53. The van der Waals surface area contributed by atoms with Crippen LogP contribution >= 0.6 is 0 Å². The molecule has 1 saturated carbocycles. The van der Waals surface area contributed by atoms with Crippen molar-refractivity contribution < 1.29 is 24.2 Å². The Balaban J connectivity index is 1.60. The van der Waals surface area contributed by atoms with E-state index in [2.05, 4.69) is 5.32 Å². The summed E-state index contributed by atoms with van der Waals surface area (Å²) in [5, 5.41) is 11.3. The maximum absolute atomic E-state index is 11.9. The highest BCUT2D eigenvalue weighted by Crippen LogP contribution is 2.37. The largest absolute Gasteiger partial charge is 0.480 e. The Morgan fingerprint density at radius 2 is 2.00 bits per heavy atom. The molecule has 1 aliphatic carbocycles. The van der Waals surface area contributed by atoms with Crippen molar-refractivity contribution in [2.45, 2.75) is 32.3 Å². The van der Waals surface area contributed by atoms with Crippen LogP contribution in [0, 0.1) is 11.8 Å². The molecule has 21 heavy (non-hydrogen) atoms. The van der Waals surface area contributed by atoms with E-state index in [4.69, 9.17) is 9.84 Å². The summed E-state index contributed by atoms with van der Waals surface area (Å²) in [4.78, 5) is 35.5. The summed E-state index contributed by atoms with van der Waals surface area (Å²) in [5.74, 6) is -0.443. The fraction of sp³-hybridized carbons (Fsp3) is 0.786. The highest BCUT2D eigenvalue weighted by atomic mass is 16.5. The maximum Gasteiger partial charge on any atom is 0.329 e. The van der Waals surface area contributed by atoms with Crippen molar-refractivity contribution >= 4 is 17.8 Å². The van der Waals surface area contributed by atoms with Gasteiger partial charge in [0.25, 0.3) is 0 Å². The molecule has 0 spiro atoms. The first-order chi connectivity index (χ1) is 9.81. The Kier molecular flexibility index (Phi) is 4.51. The van der Waals surface area contributed by atoms with Crippen molar-refractivity contribution in [2.24, 2.45) is 11.8 Å². The van der Waals surface area contributed by atoms with Crippen LogP contribution in [-0.4, -0.2) is 59.6 Å². The third-order valence-electron chi connectivity index (χ3n) is 4.03. The van der Waals surface area contributed by atoms with Gasteiger partial charge in [-0.05, 0) is 19.3 Å². The topological polar surface area (TPSA) is 95.9 Å². The molecule has 2 unspecified atom stereocenters. The number of ether oxygens (including phenoxy) is 1. The molecule has 1 saturated heterocycles. The van der Waals surface area contributed by atoms with E-state index in [1.54, 1.807) is 11.8 Å². The highest BCUT2D eigenvalue weighted by Gasteiger charge is 2.42. The molecule has 7 heteroatoms. The molecule has 0 aromatic rings. The number of carbonyl (C=O) groups is 3. The first kappa shape index (κ1) is 15.8. The summed E-state index contributed by atoms with van der Waals surface area (Å²) in [5.41, 5.74) is -0.569. The number of aliphatic carboxylic acids is 1. The van der Waals surface area contributed by atoms with Crippen LogP contribution in [0.3, 0.4) is 0 Å². The smallest absolute Gasteiger partial charge is 0.329 e. The lowest BCUT2D eigenvalue weighted by Gasteiger charge is -2.47. The van der Waals surface area contributed by atoms with Crippen molar-refractivity contribution in [1.82, 2.24) is 10.2 Å². The molecular weight excluding hydrogens is 276 g/mol. The van der Waals surface area contributed by atoms with Gasteiger partial charge in [-0.25, -0.2) is 4.79 Å². The monoisotopic (exact) mass is 298 g/mol. The standard InChI is InChI=1S/C14H22N2O5/c1-9-5-10(9)13(20)15-4-3-11(17)16-7-14(2,8-16)21-6-12(18)19/h9-10H,3-8H2,1-2H3,(H,15,20)(H,18,19). The van der Waals surface area contributed by atoms with Crippen LogP contribution in [0.2, 0.25) is 0 Å². The van der Waals surface area contributed by atoms with Gasteiger partial charge in [-0.3, -0.25) is 9.59 Å². The van der Waals surface area contributed by atoms with Crippen LogP contribution in [-0.2, 0) is 19.1 Å². The van der Waals surface area contributed by atoms with Gasteiger partial charge in [-0.1, -0.05) is 6.92 Å². The van der Waals surface area contributed by atoms with Crippen molar-refractivity contribution in [3.63, 3.8) is 0 Å². The average Bonchev–Trinajstić information content (AvgIpc) is 3.10. The Labute approximate surface area is 123 Å². The summed E-state index contributed by atoms with van der Waals surface area (Å²) < 4.78 is 5.24. The van der Waals surface area contributed by atoms with E-state index < -0.39 is 11.6 Å². The Bertz CT molecular complexity index is 445. The van der Waals surface area contributed by atoms with Gasteiger partial charge in [0.15, 0.2) is 0 Å². The number of nitrogens with zero attached hydrogens (tertiary/aromatic N) is 1. The van der Waals surface area contributed by atoms with E-state index in [0.717, 1.165) is 6.42 Å². The van der Waals surface area contributed by atoms with Crippen LogP contribution in [0.15, 0.2) is 0 Å². The van der Waals surface area contributed by atoms with Crippen molar-refractivity contribution in [2.75, 3.05) is 26.2 Å². The zero-order chi connectivity index (χ0) is 15.6. The van der Waals surface area contributed by atoms with Gasteiger partial charge in [0, 0.05) is 18.9 Å². The molecule has 2 amide bonds. The first-order valence-corrected chi connectivity index (χ1v) is 7.22. The molecule has 0 bridgehead atoms. The fourth-order valence-corrected chi connectivity index (χ4v) is 2.53. The predicted octanol–water partition coefficient (Wildman–Crippen LogP) is -0.149. The molecule has 2 rings (SSSR count). The van der Waals surface area contributed by atoms with Gasteiger partial charge in [0.05, 0.1) is 13.1 Å². The zero-order valence-corrected chi connectivity index (χ0v) is 12.4. The molecule has 2 fully saturated rings. The molecule has 1 heterocycles. The third-order valence-corrected chi connectivity index (χ3v) is 4.03. The molecule has 2 aliphatic rings. The second-order valence-electron chi connectivity index (χ2n) is 6.24. The van der Waals surface area contributed by atoms with Crippen LogP contribution in [0.1, 0.15) is 26.7 Å². The molecular formula is C14H22N2O5. The SMILES string of the molecule is CC1CC1C(=O)NCCC(=O)N1CC(C)(OCC(=O)O)C1. The number of hydrogen-bond donors (Lipinski definition) is 2. The molecule has 2 atom stereocenters. The van der Waals surface area contributed by atoms with E-state index in [1.807, 2.05) is 6.92 Å². The average molecular weight is 298 g/mol. The quantitative estimate of drug-likeness (QED) is 0.681. The van der Waals surface area contributed by atoms with E-state index in [-0.39, 0.29) is 30.8 Å². The number of rotatable bonds is 7. The van der Waals surface area contributed by atoms with Gasteiger partial charge in [-0.15, -0.1) is 0 Å². The van der Waals surface area contributed by atoms with Gasteiger partial charge < -0.3 is 20.1 Å². The first-order valence-electron chi connectivity index (χ1n) is 7.22. The summed E-state index contributed by atoms with van der Waals surface area (Å²) in [6.07, 6.45) is 1.20. The van der Waals surface area contributed by atoms with Gasteiger partial charge >= 0.3 is 5.97 Å². The number of hydrogen-bond acceptors (Lipinski definition) is 4. The van der Waals surface area contributed by atoms with E-state index in [9.17, 15) is 14.4 Å². The minimum absolute atomic E-state index is 0.0357. The molecule has 1 aliphatic heterocycles. The molecule has 2 N–H and O–H groups in total.